The van der Waals surface area contributed by atoms with E-state index >= 15 is 0 Å². The first-order chi connectivity index (χ1) is 9.52. The second-order valence-corrected chi connectivity index (χ2v) is 5.99. The Morgan fingerprint density at radius 3 is 2.85 bits per heavy atom. The lowest BCUT2D eigenvalue weighted by Crippen LogP contribution is -2.33. The molecule has 0 spiro atoms. The van der Waals surface area contributed by atoms with Gasteiger partial charge in [0, 0.05) is 10.9 Å². The van der Waals surface area contributed by atoms with Crippen molar-refractivity contribution in [3.63, 3.8) is 0 Å². The van der Waals surface area contributed by atoms with Gasteiger partial charge in [0.2, 0.25) is 5.91 Å². The molecule has 1 aromatic rings. The van der Waals surface area contributed by atoms with Crippen LogP contribution in [-0.2, 0) is 4.79 Å². The van der Waals surface area contributed by atoms with Crippen LogP contribution in [0.25, 0.3) is 0 Å². The number of nitrogens with two attached hydrogens (primary N) is 1. The molecule has 1 unspecified atom stereocenters. The predicted molar refractivity (Wildman–Crippen MR) is 83.3 cm³/mol. The number of hydrogen-bond acceptors (Lipinski definition) is 3. The highest BCUT2D eigenvalue weighted by atomic mass is 32.2. The van der Waals surface area contributed by atoms with Gasteiger partial charge < -0.3 is 11.1 Å². The van der Waals surface area contributed by atoms with Gasteiger partial charge in [-0.25, -0.2) is 4.39 Å². The van der Waals surface area contributed by atoms with Crippen LogP contribution < -0.4 is 11.1 Å². The highest BCUT2D eigenvalue weighted by Gasteiger charge is 2.08. The van der Waals surface area contributed by atoms with Crippen LogP contribution in [0.2, 0.25) is 0 Å². The summed E-state index contributed by atoms with van der Waals surface area (Å²) in [5.41, 5.74) is 5.53. The molecule has 0 aliphatic heterocycles. The number of carbonyl (C=O) groups is 1. The van der Waals surface area contributed by atoms with Crippen molar-refractivity contribution in [2.24, 2.45) is 0 Å². The minimum atomic E-state index is -0.441. The molecule has 0 saturated carbocycles. The molecular formula is C15H23FN2OS. The van der Waals surface area contributed by atoms with E-state index in [1.54, 1.807) is 6.07 Å². The van der Waals surface area contributed by atoms with Crippen molar-refractivity contribution in [2.45, 2.75) is 50.5 Å². The molecule has 1 amide bonds. The monoisotopic (exact) mass is 298 g/mol. The number of rotatable bonds is 8. The fraction of sp³-hybridized carbons (Fsp3) is 0.533. The Morgan fingerprint density at radius 2 is 2.20 bits per heavy atom. The van der Waals surface area contributed by atoms with Crippen molar-refractivity contribution >= 4 is 23.4 Å². The maximum absolute atomic E-state index is 13.2. The maximum atomic E-state index is 13.2. The molecule has 1 rings (SSSR count). The van der Waals surface area contributed by atoms with Gasteiger partial charge in [-0.15, -0.1) is 11.8 Å². The van der Waals surface area contributed by atoms with Crippen LogP contribution >= 0.6 is 11.8 Å². The van der Waals surface area contributed by atoms with E-state index in [1.807, 2.05) is 6.92 Å². The van der Waals surface area contributed by atoms with E-state index in [0.29, 0.717) is 10.6 Å². The third kappa shape index (κ3) is 6.28. The Labute approximate surface area is 124 Å². The van der Waals surface area contributed by atoms with Crippen LogP contribution in [0.5, 0.6) is 0 Å². The van der Waals surface area contributed by atoms with Crippen LogP contribution in [0.1, 0.15) is 39.5 Å². The molecule has 0 bridgehead atoms. The van der Waals surface area contributed by atoms with E-state index in [0.717, 1.165) is 12.8 Å². The maximum Gasteiger partial charge on any atom is 0.230 e. The zero-order chi connectivity index (χ0) is 15.0. The van der Waals surface area contributed by atoms with Gasteiger partial charge in [-0.2, -0.15) is 0 Å². The van der Waals surface area contributed by atoms with Gasteiger partial charge in [0.15, 0.2) is 0 Å². The highest BCUT2D eigenvalue weighted by molar-refractivity contribution is 8.00. The molecule has 20 heavy (non-hydrogen) atoms. The molecule has 0 radical (unpaired) electrons. The Hall–Kier alpha value is -1.23. The molecule has 1 atom stereocenters. The zero-order valence-electron chi connectivity index (χ0n) is 12.1. The molecule has 3 nitrogen and oxygen atoms in total. The third-order valence-corrected chi connectivity index (χ3v) is 3.98. The number of anilines is 1. The van der Waals surface area contributed by atoms with E-state index in [9.17, 15) is 9.18 Å². The Morgan fingerprint density at radius 1 is 1.45 bits per heavy atom. The standard InChI is InChI=1S/C15H23FN2OS/c1-3-4-5-6-11(2)18-15(19)10-20-12-7-8-14(17)13(16)9-12/h7-9,11H,3-6,10,17H2,1-2H3,(H,18,19). The number of carbonyl (C=O) groups excluding carboxylic acids is 1. The molecule has 0 fully saturated rings. The summed E-state index contributed by atoms with van der Waals surface area (Å²) < 4.78 is 13.2. The van der Waals surface area contributed by atoms with Crippen LogP contribution in [-0.4, -0.2) is 17.7 Å². The van der Waals surface area contributed by atoms with Crippen LogP contribution in [0.4, 0.5) is 10.1 Å². The fourth-order valence-electron chi connectivity index (χ4n) is 1.84. The molecule has 112 valence electrons. The van der Waals surface area contributed by atoms with Crippen molar-refractivity contribution in [2.75, 3.05) is 11.5 Å². The normalized spacial score (nSPS) is 12.2. The van der Waals surface area contributed by atoms with E-state index in [4.69, 9.17) is 5.73 Å². The average Bonchev–Trinajstić information content (AvgIpc) is 2.40. The summed E-state index contributed by atoms with van der Waals surface area (Å²) >= 11 is 1.31. The number of nitrogens with one attached hydrogen (secondary N) is 1. The van der Waals surface area contributed by atoms with E-state index in [-0.39, 0.29) is 17.6 Å². The number of amides is 1. The van der Waals surface area contributed by atoms with Crippen molar-refractivity contribution in [3.8, 4) is 0 Å². The van der Waals surface area contributed by atoms with Gasteiger partial charge in [0.1, 0.15) is 5.82 Å². The minimum Gasteiger partial charge on any atom is -0.396 e. The summed E-state index contributed by atoms with van der Waals surface area (Å²) in [4.78, 5) is 12.5. The average molecular weight is 298 g/mol. The molecule has 0 saturated heterocycles. The second-order valence-electron chi connectivity index (χ2n) is 4.94. The molecular weight excluding hydrogens is 275 g/mol. The number of unbranched alkanes of at least 4 members (excludes halogenated alkanes) is 2. The quantitative estimate of drug-likeness (QED) is 0.438. The first kappa shape index (κ1) is 16.8. The number of hydrogen-bond donors (Lipinski definition) is 2. The predicted octanol–water partition coefficient (Wildman–Crippen LogP) is 3.59. The first-order valence-electron chi connectivity index (χ1n) is 7.00. The van der Waals surface area contributed by atoms with Crippen molar-refractivity contribution in [1.82, 2.24) is 5.32 Å². The van der Waals surface area contributed by atoms with Crippen molar-refractivity contribution < 1.29 is 9.18 Å². The van der Waals surface area contributed by atoms with Gasteiger partial charge >= 0.3 is 0 Å². The number of benzene rings is 1. The summed E-state index contributed by atoms with van der Waals surface area (Å²) in [5.74, 6) is -0.166. The lowest BCUT2D eigenvalue weighted by atomic mass is 10.1. The Kier molecular flexibility index (Phi) is 7.44. The van der Waals surface area contributed by atoms with Crippen LogP contribution in [0.3, 0.4) is 0 Å². The van der Waals surface area contributed by atoms with Gasteiger partial charge in [-0.1, -0.05) is 26.2 Å². The van der Waals surface area contributed by atoms with Crippen molar-refractivity contribution in [1.29, 1.82) is 0 Å². The lowest BCUT2D eigenvalue weighted by molar-refractivity contribution is -0.119. The smallest absolute Gasteiger partial charge is 0.230 e. The largest absolute Gasteiger partial charge is 0.396 e. The van der Waals surface area contributed by atoms with Crippen molar-refractivity contribution in [3.05, 3.63) is 24.0 Å². The molecule has 1 aromatic carbocycles. The number of thioether (sulfide) groups is 1. The zero-order valence-corrected chi connectivity index (χ0v) is 12.9. The highest BCUT2D eigenvalue weighted by Crippen LogP contribution is 2.21. The summed E-state index contributed by atoms with van der Waals surface area (Å²) in [7, 11) is 0. The minimum absolute atomic E-state index is 0.0174. The molecule has 3 N–H and O–H groups in total. The summed E-state index contributed by atoms with van der Waals surface area (Å²) in [6, 6.07) is 4.79. The first-order valence-corrected chi connectivity index (χ1v) is 7.98. The molecule has 0 aliphatic rings. The van der Waals surface area contributed by atoms with Gasteiger partial charge in [-0.05, 0) is 31.5 Å². The number of halogens is 1. The topological polar surface area (TPSA) is 55.1 Å². The van der Waals surface area contributed by atoms with E-state index in [2.05, 4.69) is 12.2 Å². The summed E-state index contributed by atoms with van der Waals surface area (Å²) in [6.07, 6.45) is 4.51. The van der Waals surface area contributed by atoms with E-state index in [1.165, 1.54) is 36.7 Å². The molecule has 5 heteroatoms. The van der Waals surface area contributed by atoms with Gasteiger partial charge in [0.05, 0.1) is 11.4 Å². The second kappa shape index (κ2) is 8.84. The van der Waals surface area contributed by atoms with Crippen LogP contribution in [0, 0.1) is 5.82 Å². The summed E-state index contributed by atoms with van der Waals surface area (Å²) in [5, 5.41) is 2.96. The number of nitrogen functional groups attached to an aromatic ring is 1. The molecule has 0 aromatic heterocycles. The lowest BCUT2D eigenvalue weighted by Gasteiger charge is -2.13. The van der Waals surface area contributed by atoms with Gasteiger partial charge in [-0.3, -0.25) is 4.79 Å². The Balaban J connectivity index is 2.30. The summed E-state index contributed by atoms with van der Waals surface area (Å²) in [6.45, 7) is 4.17. The Bertz CT molecular complexity index is 440. The third-order valence-electron chi connectivity index (χ3n) is 2.99. The molecule has 0 heterocycles. The fourth-order valence-corrected chi connectivity index (χ4v) is 2.57. The SMILES string of the molecule is CCCCCC(C)NC(=O)CSc1ccc(N)c(F)c1. The van der Waals surface area contributed by atoms with Gasteiger partial charge in [0.25, 0.3) is 0 Å². The molecule has 0 aliphatic carbocycles. The van der Waals surface area contributed by atoms with Crippen LogP contribution in [0.15, 0.2) is 23.1 Å². The van der Waals surface area contributed by atoms with E-state index < -0.39 is 5.82 Å².